The molecule has 29 heavy (non-hydrogen) atoms. The number of carbonyl (C=O) groups excluding carboxylic acids is 1. The van der Waals surface area contributed by atoms with Crippen molar-refractivity contribution in [3.63, 3.8) is 0 Å². The van der Waals surface area contributed by atoms with E-state index in [2.05, 4.69) is 17.2 Å². The SMILES string of the molecule is CC1CCN(S(=O)(=O)c2cn(CC(=O)NCc3ccc4c(c3)OCO4)cn2)CC1. The highest BCUT2D eigenvalue weighted by Gasteiger charge is 2.29. The average Bonchev–Trinajstić information content (AvgIpc) is 3.36. The molecule has 3 heterocycles. The lowest BCUT2D eigenvalue weighted by Gasteiger charge is -2.28. The summed E-state index contributed by atoms with van der Waals surface area (Å²) in [5.41, 5.74) is 0.885. The second-order valence-corrected chi connectivity index (χ2v) is 9.32. The second kappa shape index (κ2) is 8.03. The Labute approximate surface area is 169 Å². The van der Waals surface area contributed by atoms with Crippen LogP contribution in [0.15, 0.2) is 35.7 Å². The number of fused-ring (bicyclic) bond motifs is 1. The molecule has 156 valence electrons. The Bertz CT molecular complexity index is 996. The Morgan fingerprint density at radius 3 is 2.79 bits per heavy atom. The van der Waals surface area contributed by atoms with Crippen LogP contribution in [0.2, 0.25) is 0 Å². The van der Waals surface area contributed by atoms with Gasteiger partial charge in [0.25, 0.3) is 10.0 Å². The van der Waals surface area contributed by atoms with Crippen molar-refractivity contribution in [1.29, 1.82) is 0 Å². The molecule has 1 aromatic carbocycles. The lowest BCUT2D eigenvalue weighted by atomic mass is 10.0. The number of piperidine rings is 1. The number of sulfonamides is 1. The fourth-order valence-electron chi connectivity index (χ4n) is 3.39. The zero-order valence-corrected chi connectivity index (χ0v) is 17.0. The van der Waals surface area contributed by atoms with Gasteiger partial charge in [-0.1, -0.05) is 13.0 Å². The van der Waals surface area contributed by atoms with Gasteiger partial charge in [-0.15, -0.1) is 0 Å². The molecule has 0 aliphatic carbocycles. The van der Waals surface area contributed by atoms with Crippen LogP contribution in [-0.4, -0.2) is 48.1 Å². The lowest BCUT2D eigenvalue weighted by molar-refractivity contribution is -0.121. The summed E-state index contributed by atoms with van der Waals surface area (Å²) in [7, 11) is -3.62. The molecule has 2 aromatic rings. The molecule has 0 saturated carbocycles. The van der Waals surface area contributed by atoms with Crippen molar-refractivity contribution in [2.45, 2.75) is 37.9 Å². The van der Waals surface area contributed by atoms with Crippen molar-refractivity contribution in [1.82, 2.24) is 19.2 Å². The van der Waals surface area contributed by atoms with E-state index in [1.165, 1.54) is 21.4 Å². The fourth-order valence-corrected chi connectivity index (χ4v) is 4.80. The standard InChI is InChI=1S/C19H24N4O5S/c1-14-4-6-23(7-5-14)29(25,26)19-11-22(12-21-19)10-18(24)20-9-15-2-3-16-17(8-15)28-13-27-16/h2-3,8,11-12,14H,4-7,9-10,13H2,1H3,(H,20,24). The quantitative estimate of drug-likeness (QED) is 0.757. The highest BCUT2D eigenvalue weighted by Crippen LogP contribution is 2.32. The predicted molar refractivity (Wildman–Crippen MR) is 104 cm³/mol. The van der Waals surface area contributed by atoms with Crippen LogP contribution in [0.3, 0.4) is 0 Å². The van der Waals surface area contributed by atoms with Crippen LogP contribution >= 0.6 is 0 Å². The van der Waals surface area contributed by atoms with Gasteiger partial charge in [0.1, 0.15) is 6.54 Å². The Morgan fingerprint density at radius 1 is 1.24 bits per heavy atom. The number of amides is 1. The lowest BCUT2D eigenvalue weighted by Crippen LogP contribution is -2.38. The minimum atomic E-state index is -3.62. The Hall–Kier alpha value is -2.59. The Balaban J connectivity index is 1.33. The van der Waals surface area contributed by atoms with E-state index in [0.29, 0.717) is 37.1 Å². The monoisotopic (exact) mass is 420 g/mol. The maximum Gasteiger partial charge on any atom is 0.262 e. The molecule has 1 saturated heterocycles. The number of nitrogens with zero attached hydrogens (tertiary/aromatic N) is 3. The summed E-state index contributed by atoms with van der Waals surface area (Å²) >= 11 is 0. The van der Waals surface area contributed by atoms with Gasteiger partial charge in [0.15, 0.2) is 16.5 Å². The summed E-state index contributed by atoms with van der Waals surface area (Å²) < 4.78 is 39.0. The molecule has 0 spiro atoms. The molecule has 10 heteroatoms. The summed E-state index contributed by atoms with van der Waals surface area (Å²) in [5.74, 6) is 1.65. The maximum atomic E-state index is 12.7. The Morgan fingerprint density at radius 2 is 2.00 bits per heavy atom. The van der Waals surface area contributed by atoms with Crippen LogP contribution in [0.1, 0.15) is 25.3 Å². The minimum absolute atomic E-state index is 0.00982. The van der Waals surface area contributed by atoms with Crippen LogP contribution in [0.25, 0.3) is 0 Å². The third kappa shape index (κ3) is 4.38. The third-order valence-corrected chi connectivity index (χ3v) is 6.99. The third-order valence-electron chi connectivity index (χ3n) is 5.21. The van der Waals surface area contributed by atoms with Gasteiger partial charge in [0, 0.05) is 25.8 Å². The zero-order valence-electron chi connectivity index (χ0n) is 16.2. The zero-order chi connectivity index (χ0) is 20.4. The van der Waals surface area contributed by atoms with E-state index in [0.717, 1.165) is 18.4 Å². The maximum absolute atomic E-state index is 12.7. The van der Waals surface area contributed by atoms with Gasteiger partial charge in [-0.2, -0.15) is 4.31 Å². The summed E-state index contributed by atoms with van der Waals surface area (Å²) in [6.07, 6.45) is 4.48. The molecule has 1 aromatic heterocycles. The smallest absolute Gasteiger partial charge is 0.262 e. The van der Waals surface area contributed by atoms with Crippen LogP contribution in [0.4, 0.5) is 0 Å². The van der Waals surface area contributed by atoms with E-state index >= 15 is 0 Å². The van der Waals surface area contributed by atoms with Crippen molar-refractivity contribution < 1.29 is 22.7 Å². The highest BCUT2D eigenvalue weighted by molar-refractivity contribution is 7.89. The number of imidazole rings is 1. The predicted octanol–water partition coefficient (Wildman–Crippen LogP) is 1.35. The normalized spacial score (nSPS) is 17.4. The number of rotatable bonds is 6. The van der Waals surface area contributed by atoms with Crippen molar-refractivity contribution in [2.24, 2.45) is 5.92 Å². The van der Waals surface area contributed by atoms with Gasteiger partial charge >= 0.3 is 0 Å². The fraction of sp³-hybridized carbons (Fsp3) is 0.474. The van der Waals surface area contributed by atoms with Crippen LogP contribution in [-0.2, 0) is 27.9 Å². The molecule has 0 unspecified atom stereocenters. The van der Waals surface area contributed by atoms with Crippen LogP contribution in [0.5, 0.6) is 11.5 Å². The molecular formula is C19H24N4O5S. The first-order chi connectivity index (χ1) is 13.9. The molecule has 2 aliphatic heterocycles. The second-order valence-electron chi connectivity index (χ2n) is 7.44. The first-order valence-corrected chi connectivity index (χ1v) is 11.0. The highest BCUT2D eigenvalue weighted by atomic mass is 32.2. The van der Waals surface area contributed by atoms with E-state index < -0.39 is 10.0 Å². The minimum Gasteiger partial charge on any atom is -0.454 e. The van der Waals surface area contributed by atoms with Gasteiger partial charge in [-0.3, -0.25) is 4.79 Å². The van der Waals surface area contributed by atoms with Crippen molar-refractivity contribution in [2.75, 3.05) is 19.9 Å². The molecule has 1 amide bonds. The molecule has 9 nitrogen and oxygen atoms in total. The summed E-state index contributed by atoms with van der Waals surface area (Å²) in [6.45, 7) is 3.67. The molecule has 0 atom stereocenters. The number of carbonyl (C=O) groups is 1. The summed E-state index contributed by atoms with van der Waals surface area (Å²) in [6, 6.07) is 5.48. The average molecular weight is 420 g/mol. The van der Waals surface area contributed by atoms with Crippen LogP contribution in [0, 0.1) is 5.92 Å². The van der Waals surface area contributed by atoms with Gasteiger partial charge in [0.2, 0.25) is 12.7 Å². The topological polar surface area (TPSA) is 103 Å². The van der Waals surface area contributed by atoms with Crippen molar-refractivity contribution in [3.8, 4) is 11.5 Å². The molecule has 1 fully saturated rings. The summed E-state index contributed by atoms with van der Waals surface area (Å²) in [4.78, 5) is 16.3. The van der Waals surface area contributed by atoms with Crippen LogP contribution < -0.4 is 14.8 Å². The molecule has 0 radical (unpaired) electrons. The number of benzene rings is 1. The molecule has 4 rings (SSSR count). The number of hydrogen-bond acceptors (Lipinski definition) is 6. The van der Waals surface area contributed by atoms with E-state index in [1.54, 1.807) is 6.07 Å². The molecule has 2 aliphatic rings. The van der Waals surface area contributed by atoms with Gasteiger partial charge < -0.3 is 19.4 Å². The number of ether oxygens (including phenoxy) is 2. The number of hydrogen-bond donors (Lipinski definition) is 1. The van der Waals surface area contributed by atoms with E-state index in [-0.39, 0.29) is 24.3 Å². The first kappa shape index (κ1) is 19.7. The molecule has 1 N–H and O–H groups in total. The number of nitrogens with one attached hydrogen (secondary N) is 1. The summed E-state index contributed by atoms with van der Waals surface area (Å²) in [5, 5.41) is 2.79. The first-order valence-electron chi connectivity index (χ1n) is 9.59. The number of aromatic nitrogens is 2. The van der Waals surface area contributed by atoms with E-state index in [4.69, 9.17) is 9.47 Å². The van der Waals surface area contributed by atoms with Crippen molar-refractivity contribution >= 4 is 15.9 Å². The van der Waals surface area contributed by atoms with Gasteiger partial charge in [-0.25, -0.2) is 13.4 Å². The molecular weight excluding hydrogens is 396 g/mol. The van der Waals surface area contributed by atoms with E-state index in [9.17, 15) is 13.2 Å². The Kier molecular flexibility index (Phi) is 5.46. The largest absolute Gasteiger partial charge is 0.454 e. The van der Waals surface area contributed by atoms with E-state index in [1.807, 2.05) is 12.1 Å². The van der Waals surface area contributed by atoms with Gasteiger partial charge in [-0.05, 0) is 36.5 Å². The van der Waals surface area contributed by atoms with Gasteiger partial charge in [0.05, 0.1) is 6.33 Å². The van der Waals surface area contributed by atoms with Crippen molar-refractivity contribution in [3.05, 3.63) is 36.3 Å². The molecule has 0 bridgehead atoms.